The first-order valence-electron chi connectivity index (χ1n) is 4.50. The predicted octanol–water partition coefficient (Wildman–Crippen LogP) is 2.16. The molecule has 0 unspecified atom stereocenters. The van der Waals surface area contributed by atoms with Gasteiger partial charge in [-0.1, -0.05) is 11.6 Å². The van der Waals surface area contributed by atoms with Crippen molar-refractivity contribution in [2.45, 2.75) is 19.1 Å². The summed E-state index contributed by atoms with van der Waals surface area (Å²) in [5, 5.41) is 8.51. The summed E-state index contributed by atoms with van der Waals surface area (Å²) in [6.45, 7) is 3.10. The summed E-state index contributed by atoms with van der Waals surface area (Å²) in [5.41, 5.74) is 0.369. The van der Waals surface area contributed by atoms with Crippen LogP contribution in [0.4, 0.5) is 5.69 Å². The SMILES string of the molecule is CC(C)S(=O)(=O)Nc1c[c]c(Cl)cc1C#N. The van der Waals surface area contributed by atoms with Crippen LogP contribution in [0.25, 0.3) is 0 Å². The lowest BCUT2D eigenvalue weighted by Crippen LogP contribution is -2.22. The number of nitriles is 1. The summed E-state index contributed by atoms with van der Waals surface area (Å²) in [4.78, 5) is 0. The predicted molar refractivity (Wildman–Crippen MR) is 62.7 cm³/mol. The van der Waals surface area contributed by atoms with Crippen molar-refractivity contribution in [1.82, 2.24) is 0 Å². The Hall–Kier alpha value is -1.25. The molecule has 6 heteroatoms. The van der Waals surface area contributed by atoms with Crippen LogP contribution in [-0.4, -0.2) is 13.7 Å². The highest BCUT2D eigenvalue weighted by atomic mass is 35.5. The van der Waals surface area contributed by atoms with Crippen LogP contribution >= 0.6 is 11.6 Å². The van der Waals surface area contributed by atoms with Gasteiger partial charge < -0.3 is 0 Å². The van der Waals surface area contributed by atoms with Crippen LogP contribution in [0.2, 0.25) is 5.02 Å². The molecule has 0 aliphatic heterocycles. The van der Waals surface area contributed by atoms with E-state index in [-0.39, 0.29) is 16.3 Å². The van der Waals surface area contributed by atoms with E-state index in [1.165, 1.54) is 12.1 Å². The van der Waals surface area contributed by atoms with Crippen molar-refractivity contribution < 1.29 is 8.42 Å². The number of rotatable bonds is 3. The second-order valence-corrected chi connectivity index (χ2v) is 6.06. The lowest BCUT2D eigenvalue weighted by molar-refractivity contribution is 0.593. The number of nitrogens with one attached hydrogen (secondary N) is 1. The zero-order valence-corrected chi connectivity index (χ0v) is 10.4. The Morgan fingerprint density at radius 2 is 2.19 bits per heavy atom. The van der Waals surface area contributed by atoms with Gasteiger partial charge >= 0.3 is 0 Å². The molecule has 0 aliphatic carbocycles. The Balaban J connectivity index is 3.13. The molecule has 0 spiro atoms. The number of anilines is 1. The summed E-state index contributed by atoms with van der Waals surface area (Å²) < 4.78 is 25.5. The first-order chi connectivity index (χ1) is 7.36. The minimum atomic E-state index is -3.46. The number of hydrogen-bond acceptors (Lipinski definition) is 3. The number of nitrogens with zero attached hydrogens (tertiary/aromatic N) is 1. The van der Waals surface area contributed by atoms with Gasteiger partial charge in [0.25, 0.3) is 0 Å². The third-order valence-corrected chi connectivity index (χ3v) is 3.87. The van der Waals surface area contributed by atoms with E-state index in [9.17, 15) is 8.42 Å². The minimum absolute atomic E-state index is 0.174. The van der Waals surface area contributed by atoms with Crippen molar-refractivity contribution >= 4 is 27.3 Å². The van der Waals surface area contributed by atoms with E-state index in [1.807, 2.05) is 6.07 Å². The fraction of sp³-hybridized carbons (Fsp3) is 0.300. The van der Waals surface area contributed by atoms with Crippen LogP contribution in [0.3, 0.4) is 0 Å². The molecular weight excluding hydrogens is 248 g/mol. The van der Waals surface area contributed by atoms with Crippen molar-refractivity contribution in [1.29, 1.82) is 5.26 Å². The highest BCUT2D eigenvalue weighted by Gasteiger charge is 2.17. The third kappa shape index (κ3) is 2.87. The Bertz CT molecular complexity index is 532. The van der Waals surface area contributed by atoms with Gasteiger partial charge in [0, 0.05) is 11.1 Å². The first kappa shape index (κ1) is 12.8. The molecule has 1 N–H and O–H groups in total. The van der Waals surface area contributed by atoms with Gasteiger partial charge in [0.15, 0.2) is 0 Å². The van der Waals surface area contributed by atoms with Gasteiger partial charge in [0.2, 0.25) is 10.0 Å². The maximum atomic E-state index is 11.6. The molecule has 0 fully saturated rings. The van der Waals surface area contributed by atoms with E-state index in [0.717, 1.165) is 0 Å². The van der Waals surface area contributed by atoms with Gasteiger partial charge in [-0.15, -0.1) is 0 Å². The molecule has 0 bridgehead atoms. The Kier molecular flexibility index (Phi) is 3.79. The van der Waals surface area contributed by atoms with Gasteiger partial charge in [-0.25, -0.2) is 8.42 Å². The topological polar surface area (TPSA) is 70.0 Å². The molecule has 0 saturated carbocycles. The standard InChI is InChI=1S/C10H10ClN2O2S/c1-7(2)16(14,15)13-10-4-3-9(11)5-8(10)6-12/h4-5,7,13H,1-2H3. The molecule has 1 aromatic carbocycles. The third-order valence-electron chi connectivity index (χ3n) is 1.91. The quantitative estimate of drug-likeness (QED) is 0.902. The summed E-state index contributed by atoms with van der Waals surface area (Å²) in [6.07, 6.45) is 0. The highest BCUT2D eigenvalue weighted by Crippen LogP contribution is 2.21. The Morgan fingerprint density at radius 3 is 2.69 bits per heavy atom. The van der Waals surface area contributed by atoms with E-state index >= 15 is 0 Å². The van der Waals surface area contributed by atoms with Crippen molar-refractivity contribution in [2.75, 3.05) is 4.72 Å². The smallest absolute Gasteiger partial charge is 0.235 e. The van der Waals surface area contributed by atoms with Crippen molar-refractivity contribution in [3.8, 4) is 6.07 Å². The van der Waals surface area contributed by atoms with E-state index in [2.05, 4.69) is 10.8 Å². The second-order valence-electron chi connectivity index (χ2n) is 3.42. The summed E-state index contributed by atoms with van der Waals surface area (Å²) >= 11 is 5.65. The van der Waals surface area contributed by atoms with Crippen LogP contribution in [0.5, 0.6) is 0 Å². The molecule has 1 aromatic rings. The molecular formula is C10H10ClN2O2S. The number of halogens is 1. The second kappa shape index (κ2) is 4.73. The monoisotopic (exact) mass is 257 g/mol. The van der Waals surface area contributed by atoms with Gasteiger partial charge in [-0.05, 0) is 26.0 Å². The number of sulfonamides is 1. The molecule has 0 atom stereocenters. The maximum absolute atomic E-state index is 11.6. The molecule has 0 heterocycles. The molecule has 4 nitrogen and oxygen atoms in total. The van der Waals surface area contributed by atoms with Crippen LogP contribution in [0.1, 0.15) is 19.4 Å². The van der Waals surface area contributed by atoms with Crippen LogP contribution in [0, 0.1) is 17.4 Å². The molecule has 0 aliphatic rings. The zero-order valence-electron chi connectivity index (χ0n) is 8.78. The molecule has 1 radical (unpaired) electrons. The van der Waals surface area contributed by atoms with Gasteiger partial charge in [0.05, 0.1) is 16.5 Å². The minimum Gasteiger partial charge on any atom is -0.282 e. The molecule has 0 saturated heterocycles. The fourth-order valence-corrected chi connectivity index (χ4v) is 1.79. The lowest BCUT2D eigenvalue weighted by atomic mass is 10.2. The van der Waals surface area contributed by atoms with E-state index in [0.29, 0.717) is 0 Å². The van der Waals surface area contributed by atoms with Crippen LogP contribution in [0.15, 0.2) is 12.1 Å². The highest BCUT2D eigenvalue weighted by molar-refractivity contribution is 7.93. The Morgan fingerprint density at radius 1 is 1.56 bits per heavy atom. The maximum Gasteiger partial charge on any atom is 0.235 e. The summed E-state index contributed by atoms with van der Waals surface area (Å²) in [5.74, 6) is 0. The van der Waals surface area contributed by atoms with E-state index < -0.39 is 15.3 Å². The van der Waals surface area contributed by atoms with Gasteiger partial charge in [-0.2, -0.15) is 5.26 Å². The normalized spacial score (nSPS) is 11.2. The Labute approximate surface area is 99.9 Å². The van der Waals surface area contributed by atoms with Crippen molar-refractivity contribution in [2.24, 2.45) is 0 Å². The molecule has 1 rings (SSSR count). The number of hydrogen-bond donors (Lipinski definition) is 1. The average molecular weight is 258 g/mol. The number of benzene rings is 1. The molecule has 0 aromatic heterocycles. The van der Waals surface area contributed by atoms with E-state index in [4.69, 9.17) is 16.9 Å². The van der Waals surface area contributed by atoms with E-state index in [1.54, 1.807) is 13.8 Å². The summed E-state index contributed by atoms with van der Waals surface area (Å²) in [6, 6.07) is 7.20. The summed E-state index contributed by atoms with van der Waals surface area (Å²) in [7, 11) is -3.46. The van der Waals surface area contributed by atoms with Crippen LogP contribution in [-0.2, 0) is 10.0 Å². The molecule has 0 amide bonds. The molecule has 85 valence electrons. The first-order valence-corrected chi connectivity index (χ1v) is 6.42. The van der Waals surface area contributed by atoms with Gasteiger partial charge in [0.1, 0.15) is 6.07 Å². The molecule has 16 heavy (non-hydrogen) atoms. The fourth-order valence-electron chi connectivity index (χ4n) is 0.913. The van der Waals surface area contributed by atoms with Crippen molar-refractivity contribution in [3.05, 3.63) is 28.8 Å². The van der Waals surface area contributed by atoms with Crippen molar-refractivity contribution in [3.63, 3.8) is 0 Å². The van der Waals surface area contributed by atoms with Crippen LogP contribution < -0.4 is 4.72 Å². The lowest BCUT2D eigenvalue weighted by Gasteiger charge is -2.11. The average Bonchev–Trinajstić information content (AvgIpc) is 2.20. The zero-order chi connectivity index (χ0) is 12.3. The van der Waals surface area contributed by atoms with Gasteiger partial charge in [-0.3, -0.25) is 4.72 Å². The largest absolute Gasteiger partial charge is 0.282 e.